The van der Waals surface area contributed by atoms with Crippen LogP contribution in [0.4, 0.5) is 5.13 Å². The molecule has 2 aromatic carbocycles. The molecule has 0 atom stereocenters. The number of amides is 1. The Kier molecular flexibility index (Phi) is 8.73. The minimum absolute atomic E-state index is 0. The maximum Gasteiger partial charge on any atom is 0.260 e. The zero-order valence-electron chi connectivity index (χ0n) is 16.6. The topological polar surface area (TPSA) is 36.4 Å². The van der Waals surface area contributed by atoms with Crippen molar-refractivity contribution >= 4 is 68.2 Å². The number of aryl methyl sites for hydroxylation is 1. The molecule has 3 aromatic rings. The molecule has 1 amide bonds. The van der Waals surface area contributed by atoms with Gasteiger partial charge in [-0.3, -0.25) is 9.69 Å². The molecule has 0 radical (unpaired) electrons. The molecule has 0 aliphatic rings. The predicted octanol–water partition coefficient (Wildman–Crippen LogP) is 6.32. The van der Waals surface area contributed by atoms with Crippen LogP contribution in [0.1, 0.15) is 29.8 Å². The van der Waals surface area contributed by atoms with Gasteiger partial charge in [-0.05, 0) is 62.0 Å². The van der Waals surface area contributed by atoms with Crippen LogP contribution in [0, 0.1) is 6.92 Å². The Morgan fingerprint density at radius 2 is 1.69 bits per heavy atom. The molecule has 3 rings (SSSR count). The Hall–Kier alpha value is -1.37. The predicted molar refractivity (Wildman–Crippen MR) is 128 cm³/mol. The second-order valence-electron chi connectivity index (χ2n) is 6.56. The maximum absolute atomic E-state index is 13.3. The molecule has 0 saturated heterocycles. The number of halogens is 3. The molecule has 8 heteroatoms. The van der Waals surface area contributed by atoms with Crippen LogP contribution in [0.2, 0.25) is 10.0 Å². The molecule has 0 bridgehead atoms. The third-order valence-electron chi connectivity index (χ3n) is 4.74. The molecule has 0 saturated carbocycles. The molecule has 0 unspecified atom stereocenters. The molecule has 1 heterocycles. The van der Waals surface area contributed by atoms with E-state index in [1.54, 1.807) is 29.2 Å². The Bertz CT molecular complexity index is 971. The summed E-state index contributed by atoms with van der Waals surface area (Å²) in [4.78, 5) is 22.1. The summed E-state index contributed by atoms with van der Waals surface area (Å²) in [6.45, 7) is 9.45. The number of likely N-dealkylation sites (N-methyl/N-ethyl adjacent to an activating group) is 1. The van der Waals surface area contributed by atoms with Crippen LogP contribution < -0.4 is 4.90 Å². The SMILES string of the molecule is CCN(CC)CCN(C(=O)c1ccc(Cl)cc1)c1nc2c(C)cc(Cl)cc2s1.Cl. The lowest BCUT2D eigenvalue weighted by atomic mass is 10.2. The van der Waals surface area contributed by atoms with E-state index in [0.29, 0.717) is 27.3 Å². The van der Waals surface area contributed by atoms with Crippen molar-refractivity contribution in [3.8, 4) is 0 Å². The monoisotopic (exact) mass is 471 g/mol. The third-order valence-corrected chi connectivity index (χ3v) is 6.24. The Morgan fingerprint density at radius 3 is 2.31 bits per heavy atom. The summed E-state index contributed by atoms with van der Waals surface area (Å²) in [6, 6.07) is 10.8. The molecule has 0 spiro atoms. The zero-order valence-corrected chi connectivity index (χ0v) is 19.8. The summed E-state index contributed by atoms with van der Waals surface area (Å²) in [5.41, 5.74) is 2.49. The van der Waals surface area contributed by atoms with Gasteiger partial charge in [0.05, 0.1) is 10.2 Å². The van der Waals surface area contributed by atoms with Crippen LogP contribution in [0.5, 0.6) is 0 Å². The first-order valence-electron chi connectivity index (χ1n) is 9.29. The highest BCUT2D eigenvalue weighted by Crippen LogP contribution is 2.33. The first kappa shape index (κ1) is 23.9. The quantitative estimate of drug-likeness (QED) is 0.403. The second kappa shape index (κ2) is 10.6. The minimum atomic E-state index is -0.0772. The highest BCUT2D eigenvalue weighted by Gasteiger charge is 2.22. The number of aromatic nitrogens is 1. The van der Waals surface area contributed by atoms with Gasteiger partial charge in [0.2, 0.25) is 0 Å². The molecule has 156 valence electrons. The largest absolute Gasteiger partial charge is 0.302 e. The van der Waals surface area contributed by atoms with Gasteiger partial charge < -0.3 is 4.90 Å². The molecule has 0 N–H and O–H groups in total. The summed E-state index contributed by atoms with van der Waals surface area (Å²) >= 11 is 13.7. The summed E-state index contributed by atoms with van der Waals surface area (Å²) in [5, 5.41) is 1.97. The van der Waals surface area contributed by atoms with Crippen molar-refractivity contribution in [3.05, 3.63) is 57.6 Å². The average molecular weight is 473 g/mol. The van der Waals surface area contributed by atoms with E-state index in [4.69, 9.17) is 28.2 Å². The van der Waals surface area contributed by atoms with E-state index in [-0.39, 0.29) is 18.3 Å². The number of rotatable bonds is 7. The van der Waals surface area contributed by atoms with Gasteiger partial charge in [-0.2, -0.15) is 0 Å². The molecular formula is C21H24Cl3N3OS. The van der Waals surface area contributed by atoms with Gasteiger partial charge in [0.25, 0.3) is 5.91 Å². The van der Waals surface area contributed by atoms with Crippen molar-refractivity contribution in [2.75, 3.05) is 31.1 Å². The van der Waals surface area contributed by atoms with E-state index < -0.39 is 0 Å². The van der Waals surface area contributed by atoms with Crippen molar-refractivity contribution in [1.29, 1.82) is 0 Å². The van der Waals surface area contributed by atoms with Gasteiger partial charge in [0.15, 0.2) is 5.13 Å². The maximum atomic E-state index is 13.3. The lowest BCUT2D eigenvalue weighted by Gasteiger charge is -2.24. The lowest BCUT2D eigenvalue weighted by Crippen LogP contribution is -2.38. The smallest absolute Gasteiger partial charge is 0.260 e. The van der Waals surface area contributed by atoms with Gasteiger partial charge >= 0.3 is 0 Å². The van der Waals surface area contributed by atoms with Gasteiger partial charge in [-0.25, -0.2) is 4.98 Å². The lowest BCUT2D eigenvalue weighted by molar-refractivity contribution is 0.0984. The average Bonchev–Trinajstić information content (AvgIpc) is 3.09. The minimum Gasteiger partial charge on any atom is -0.302 e. The Balaban J connectivity index is 0.00000300. The van der Waals surface area contributed by atoms with Crippen molar-refractivity contribution in [3.63, 3.8) is 0 Å². The van der Waals surface area contributed by atoms with Crippen LogP contribution in [0.15, 0.2) is 36.4 Å². The van der Waals surface area contributed by atoms with Gasteiger partial charge in [0.1, 0.15) is 0 Å². The Labute approximate surface area is 191 Å². The van der Waals surface area contributed by atoms with E-state index in [0.717, 1.165) is 35.4 Å². The number of carbonyl (C=O) groups excluding carboxylic acids is 1. The molecular weight excluding hydrogens is 449 g/mol. The fourth-order valence-electron chi connectivity index (χ4n) is 3.07. The summed E-state index contributed by atoms with van der Waals surface area (Å²) in [5.74, 6) is -0.0772. The molecule has 0 fully saturated rings. The van der Waals surface area contributed by atoms with E-state index in [9.17, 15) is 4.79 Å². The first-order valence-corrected chi connectivity index (χ1v) is 10.9. The fraction of sp³-hybridized carbons (Fsp3) is 0.333. The van der Waals surface area contributed by atoms with Gasteiger partial charge in [-0.1, -0.05) is 48.4 Å². The molecule has 4 nitrogen and oxygen atoms in total. The van der Waals surface area contributed by atoms with Crippen LogP contribution in [-0.4, -0.2) is 42.0 Å². The Morgan fingerprint density at radius 1 is 1.03 bits per heavy atom. The molecule has 0 aliphatic heterocycles. The highest BCUT2D eigenvalue weighted by molar-refractivity contribution is 7.22. The number of carbonyl (C=O) groups is 1. The van der Waals surface area contributed by atoms with E-state index >= 15 is 0 Å². The normalized spacial score (nSPS) is 11.0. The second-order valence-corrected chi connectivity index (χ2v) is 8.44. The van der Waals surface area contributed by atoms with Crippen molar-refractivity contribution < 1.29 is 4.79 Å². The fourth-order valence-corrected chi connectivity index (χ4v) is 4.64. The summed E-state index contributed by atoms with van der Waals surface area (Å²) < 4.78 is 0.983. The number of thiazole rings is 1. The van der Waals surface area contributed by atoms with E-state index in [1.165, 1.54) is 11.3 Å². The third kappa shape index (κ3) is 5.62. The number of hydrogen-bond acceptors (Lipinski definition) is 4. The van der Waals surface area contributed by atoms with Crippen molar-refractivity contribution in [2.45, 2.75) is 20.8 Å². The van der Waals surface area contributed by atoms with Gasteiger partial charge in [0, 0.05) is 28.7 Å². The standard InChI is InChI=1S/C21H23Cl2N3OS.ClH/c1-4-25(5-2)10-11-26(20(27)15-6-8-16(22)9-7-15)21-24-19-14(3)12-17(23)13-18(19)28-21;/h6-9,12-13H,4-5,10-11H2,1-3H3;1H. The summed E-state index contributed by atoms with van der Waals surface area (Å²) in [7, 11) is 0. The van der Waals surface area contributed by atoms with E-state index in [2.05, 4.69) is 18.7 Å². The number of hydrogen-bond donors (Lipinski definition) is 0. The number of benzene rings is 2. The number of anilines is 1. The first-order chi connectivity index (χ1) is 13.4. The van der Waals surface area contributed by atoms with Crippen LogP contribution in [0.3, 0.4) is 0 Å². The summed E-state index contributed by atoms with van der Waals surface area (Å²) in [6.07, 6.45) is 0. The van der Waals surface area contributed by atoms with Crippen LogP contribution >= 0.6 is 46.9 Å². The number of fused-ring (bicyclic) bond motifs is 1. The van der Waals surface area contributed by atoms with E-state index in [1.807, 2.05) is 19.1 Å². The molecule has 0 aliphatic carbocycles. The van der Waals surface area contributed by atoms with Crippen LogP contribution in [-0.2, 0) is 0 Å². The van der Waals surface area contributed by atoms with Crippen molar-refractivity contribution in [2.24, 2.45) is 0 Å². The van der Waals surface area contributed by atoms with Crippen molar-refractivity contribution in [1.82, 2.24) is 9.88 Å². The number of nitrogens with zero attached hydrogens (tertiary/aromatic N) is 3. The highest BCUT2D eigenvalue weighted by atomic mass is 35.5. The zero-order chi connectivity index (χ0) is 20.3. The van der Waals surface area contributed by atoms with Crippen LogP contribution in [0.25, 0.3) is 10.2 Å². The molecule has 1 aromatic heterocycles. The molecule has 29 heavy (non-hydrogen) atoms. The van der Waals surface area contributed by atoms with Gasteiger partial charge in [-0.15, -0.1) is 12.4 Å².